The van der Waals surface area contributed by atoms with Gasteiger partial charge in [0, 0.05) is 0 Å². The second kappa shape index (κ2) is 4.95. The maximum absolute atomic E-state index is 12.4. The highest BCUT2D eigenvalue weighted by Gasteiger charge is 2.31. The zero-order valence-electron chi connectivity index (χ0n) is 11.1. The van der Waals surface area contributed by atoms with E-state index in [1.807, 2.05) is 16.1 Å². The number of hydrogen-bond donors (Lipinski definition) is 0. The molecule has 0 aliphatic heterocycles. The van der Waals surface area contributed by atoms with E-state index in [1.54, 1.807) is 11.5 Å². The molecule has 2 aromatic rings. The van der Waals surface area contributed by atoms with Crippen LogP contribution in [0.3, 0.4) is 0 Å². The molecule has 1 aliphatic carbocycles. The summed E-state index contributed by atoms with van der Waals surface area (Å²) in [6, 6.07) is 5.92. The SMILES string of the molecule is Cc1cccc2c(=O)n(CC3(Cl)CCCCC3)sc12. The second-order valence-corrected chi connectivity index (χ2v) is 7.43. The summed E-state index contributed by atoms with van der Waals surface area (Å²) in [5.41, 5.74) is 1.29. The van der Waals surface area contributed by atoms with Crippen LogP contribution in [0, 0.1) is 6.92 Å². The molecule has 0 spiro atoms. The molecule has 1 aromatic carbocycles. The summed E-state index contributed by atoms with van der Waals surface area (Å²) in [4.78, 5) is 12.2. The minimum Gasteiger partial charge on any atom is -0.268 e. The van der Waals surface area contributed by atoms with Crippen LogP contribution in [0.5, 0.6) is 0 Å². The fourth-order valence-electron chi connectivity index (χ4n) is 2.93. The second-order valence-electron chi connectivity index (χ2n) is 5.60. The Bertz CT molecular complexity index is 652. The molecule has 2 nitrogen and oxygen atoms in total. The van der Waals surface area contributed by atoms with E-state index in [4.69, 9.17) is 11.6 Å². The van der Waals surface area contributed by atoms with E-state index in [2.05, 4.69) is 13.0 Å². The van der Waals surface area contributed by atoms with Crippen LogP contribution in [0.1, 0.15) is 37.7 Å². The Morgan fingerprint density at radius 3 is 2.74 bits per heavy atom. The van der Waals surface area contributed by atoms with E-state index in [-0.39, 0.29) is 10.4 Å². The average molecular weight is 296 g/mol. The lowest BCUT2D eigenvalue weighted by atomic mass is 9.88. The minimum absolute atomic E-state index is 0.120. The number of benzene rings is 1. The number of nitrogens with zero attached hydrogens (tertiary/aromatic N) is 1. The lowest BCUT2D eigenvalue weighted by Gasteiger charge is -2.30. The average Bonchev–Trinajstić information content (AvgIpc) is 2.69. The molecule has 0 unspecified atom stereocenters. The van der Waals surface area contributed by atoms with Gasteiger partial charge in [0.2, 0.25) is 0 Å². The summed E-state index contributed by atoms with van der Waals surface area (Å²) in [6.45, 7) is 2.71. The van der Waals surface area contributed by atoms with Gasteiger partial charge in [-0.15, -0.1) is 11.6 Å². The molecule has 0 N–H and O–H groups in total. The topological polar surface area (TPSA) is 22.0 Å². The maximum atomic E-state index is 12.4. The predicted molar refractivity (Wildman–Crippen MR) is 82.5 cm³/mol. The van der Waals surface area contributed by atoms with Gasteiger partial charge in [0.1, 0.15) is 0 Å². The van der Waals surface area contributed by atoms with Crippen LogP contribution in [0.15, 0.2) is 23.0 Å². The first-order chi connectivity index (χ1) is 9.09. The third kappa shape index (κ3) is 2.46. The van der Waals surface area contributed by atoms with Crippen LogP contribution in [0.4, 0.5) is 0 Å². The Kier molecular flexibility index (Phi) is 3.44. The van der Waals surface area contributed by atoms with Crippen molar-refractivity contribution < 1.29 is 0 Å². The number of aryl methyl sites for hydroxylation is 1. The van der Waals surface area contributed by atoms with Crippen LogP contribution in [0.25, 0.3) is 10.1 Å². The van der Waals surface area contributed by atoms with Gasteiger partial charge in [-0.2, -0.15) is 0 Å². The van der Waals surface area contributed by atoms with Crippen molar-refractivity contribution >= 4 is 33.2 Å². The van der Waals surface area contributed by atoms with E-state index >= 15 is 0 Å². The van der Waals surface area contributed by atoms with Gasteiger partial charge in [-0.1, -0.05) is 42.9 Å². The molecular weight excluding hydrogens is 278 g/mol. The number of halogens is 1. The molecule has 1 aliphatic rings. The minimum atomic E-state index is -0.211. The van der Waals surface area contributed by atoms with Crippen LogP contribution in [-0.4, -0.2) is 8.83 Å². The third-order valence-electron chi connectivity index (χ3n) is 4.05. The van der Waals surface area contributed by atoms with E-state index in [9.17, 15) is 4.79 Å². The van der Waals surface area contributed by atoms with Crippen molar-refractivity contribution in [3.05, 3.63) is 34.1 Å². The molecule has 0 bridgehead atoms. The standard InChI is InChI=1S/C15H18ClNOS/c1-11-6-5-7-12-13(11)19-17(14(12)18)10-15(16)8-3-2-4-9-15/h5-7H,2-4,8-10H2,1H3. The van der Waals surface area contributed by atoms with Gasteiger partial charge < -0.3 is 0 Å². The molecule has 1 saturated carbocycles. The fourth-order valence-corrected chi connectivity index (χ4v) is 4.57. The first-order valence-electron chi connectivity index (χ1n) is 6.87. The molecule has 0 radical (unpaired) electrons. The third-order valence-corrected chi connectivity index (χ3v) is 5.78. The number of rotatable bonds is 2. The summed E-state index contributed by atoms with van der Waals surface area (Å²) in [5, 5.41) is 0.834. The molecule has 1 fully saturated rings. The lowest BCUT2D eigenvalue weighted by Crippen LogP contribution is -2.33. The van der Waals surface area contributed by atoms with E-state index < -0.39 is 0 Å². The Morgan fingerprint density at radius 2 is 2.05 bits per heavy atom. The van der Waals surface area contributed by atoms with Crippen molar-refractivity contribution in [1.82, 2.24) is 3.96 Å². The Labute approximate surface area is 122 Å². The van der Waals surface area contributed by atoms with Gasteiger partial charge >= 0.3 is 0 Å². The molecule has 0 amide bonds. The number of fused-ring (bicyclic) bond motifs is 1. The van der Waals surface area contributed by atoms with E-state index in [1.165, 1.54) is 24.8 Å². The molecule has 0 saturated heterocycles. The quantitative estimate of drug-likeness (QED) is 0.757. The number of hydrogen-bond acceptors (Lipinski definition) is 2. The van der Waals surface area contributed by atoms with E-state index in [0.29, 0.717) is 6.54 Å². The number of alkyl halides is 1. The molecular formula is C15H18ClNOS. The van der Waals surface area contributed by atoms with E-state index in [0.717, 1.165) is 22.9 Å². The van der Waals surface area contributed by atoms with Crippen LogP contribution in [0.2, 0.25) is 0 Å². The van der Waals surface area contributed by atoms with Crippen molar-refractivity contribution in [2.75, 3.05) is 0 Å². The van der Waals surface area contributed by atoms with Crippen molar-refractivity contribution in [3.63, 3.8) is 0 Å². The van der Waals surface area contributed by atoms with Gasteiger partial charge in [-0.05, 0) is 31.4 Å². The van der Waals surface area contributed by atoms with Crippen molar-refractivity contribution in [1.29, 1.82) is 0 Å². The van der Waals surface area contributed by atoms with Gasteiger partial charge in [0.25, 0.3) is 5.56 Å². The van der Waals surface area contributed by atoms with Crippen LogP contribution < -0.4 is 5.56 Å². The summed E-state index contributed by atoms with van der Waals surface area (Å²) in [5.74, 6) is 0. The fraction of sp³-hybridized carbons (Fsp3) is 0.533. The highest BCUT2D eigenvalue weighted by molar-refractivity contribution is 7.14. The Balaban J connectivity index is 1.99. The monoisotopic (exact) mass is 295 g/mol. The molecule has 102 valence electrons. The van der Waals surface area contributed by atoms with Crippen LogP contribution >= 0.6 is 23.1 Å². The zero-order valence-corrected chi connectivity index (χ0v) is 12.7. The molecule has 4 heteroatoms. The van der Waals surface area contributed by atoms with Crippen molar-refractivity contribution in [2.45, 2.75) is 50.4 Å². The molecule has 1 aromatic heterocycles. The molecule has 3 rings (SSSR count). The maximum Gasteiger partial charge on any atom is 0.268 e. The zero-order chi connectivity index (χ0) is 13.5. The normalized spacial score (nSPS) is 18.8. The predicted octanol–water partition coefficient (Wildman–Crippen LogP) is 4.31. The summed E-state index contributed by atoms with van der Waals surface area (Å²) >= 11 is 8.26. The van der Waals surface area contributed by atoms with Gasteiger partial charge in [-0.25, -0.2) is 0 Å². The Hall–Kier alpha value is -0.800. The molecule has 0 atom stereocenters. The smallest absolute Gasteiger partial charge is 0.268 e. The van der Waals surface area contributed by atoms with Crippen molar-refractivity contribution in [2.24, 2.45) is 0 Å². The molecule has 19 heavy (non-hydrogen) atoms. The largest absolute Gasteiger partial charge is 0.268 e. The molecule has 1 heterocycles. The lowest BCUT2D eigenvalue weighted by molar-refractivity contribution is 0.355. The summed E-state index contributed by atoms with van der Waals surface area (Å²) in [7, 11) is 0. The van der Waals surface area contributed by atoms with Gasteiger partial charge in [0.15, 0.2) is 0 Å². The first-order valence-corrected chi connectivity index (χ1v) is 8.03. The highest BCUT2D eigenvalue weighted by atomic mass is 35.5. The van der Waals surface area contributed by atoms with Gasteiger partial charge in [0.05, 0.1) is 21.5 Å². The first kappa shape index (κ1) is 13.2. The van der Waals surface area contributed by atoms with Crippen LogP contribution in [-0.2, 0) is 6.54 Å². The summed E-state index contributed by atoms with van der Waals surface area (Å²) < 4.78 is 2.96. The van der Waals surface area contributed by atoms with Gasteiger partial charge in [-0.3, -0.25) is 8.75 Å². The van der Waals surface area contributed by atoms with Crippen molar-refractivity contribution in [3.8, 4) is 0 Å². The number of aromatic nitrogens is 1. The Morgan fingerprint density at radius 1 is 1.32 bits per heavy atom. The highest BCUT2D eigenvalue weighted by Crippen LogP contribution is 2.36. The summed E-state index contributed by atoms with van der Waals surface area (Å²) in [6.07, 6.45) is 5.68.